The molecule has 3 rings (SSSR count). The van der Waals surface area contributed by atoms with Gasteiger partial charge in [-0.25, -0.2) is 4.79 Å². The van der Waals surface area contributed by atoms with Gasteiger partial charge in [0.2, 0.25) is 5.03 Å². The van der Waals surface area contributed by atoms with E-state index in [1.165, 1.54) is 18.2 Å². The van der Waals surface area contributed by atoms with Crippen molar-refractivity contribution >= 4 is 45.0 Å². The monoisotopic (exact) mass is 409 g/mol. The third-order valence-corrected chi connectivity index (χ3v) is 5.98. The highest BCUT2D eigenvalue weighted by Crippen LogP contribution is 2.31. The molecule has 0 amide bonds. The van der Waals surface area contributed by atoms with Crippen LogP contribution in [0.2, 0.25) is 5.02 Å². The average Bonchev–Trinajstić information content (AvgIpc) is 3.15. The summed E-state index contributed by atoms with van der Waals surface area (Å²) in [6.07, 6.45) is 1.13. The lowest BCUT2D eigenvalue weighted by molar-refractivity contribution is 0.0697. The fourth-order valence-electron chi connectivity index (χ4n) is 2.32. The number of carboxylic acids is 1. The molecule has 1 heterocycles. The van der Waals surface area contributed by atoms with Crippen LogP contribution >= 0.6 is 23.3 Å². The maximum absolute atomic E-state index is 13.1. The molecule has 3 aromatic rings. The molecule has 0 atom stereocenters. The SMILES string of the molecule is O=C(O)c1ccc(Cl)cc1N(Cc1ccccc1)S(=O)(=O)c1cnsn1. The van der Waals surface area contributed by atoms with Crippen LogP contribution in [0, 0.1) is 0 Å². The maximum atomic E-state index is 13.1. The summed E-state index contributed by atoms with van der Waals surface area (Å²) >= 11 is 6.75. The molecule has 0 unspecified atom stereocenters. The Balaban J connectivity index is 2.19. The summed E-state index contributed by atoms with van der Waals surface area (Å²) < 4.78 is 34.7. The molecule has 1 N–H and O–H groups in total. The van der Waals surface area contributed by atoms with Crippen LogP contribution in [0.4, 0.5) is 5.69 Å². The predicted octanol–water partition coefficient (Wildman–Crippen LogP) is 3.29. The van der Waals surface area contributed by atoms with Crippen molar-refractivity contribution in [3.63, 3.8) is 0 Å². The van der Waals surface area contributed by atoms with Crippen LogP contribution in [-0.2, 0) is 16.6 Å². The van der Waals surface area contributed by atoms with Crippen molar-refractivity contribution in [2.45, 2.75) is 11.6 Å². The largest absolute Gasteiger partial charge is 0.478 e. The third kappa shape index (κ3) is 3.69. The van der Waals surface area contributed by atoms with Crippen LogP contribution in [0.3, 0.4) is 0 Å². The molecule has 7 nitrogen and oxygen atoms in total. The first kappa shape index (κ1) is 18.3. The van der Waals surface area contributed by atoms with E-state index in [4.69, 9.17) is 11.6 Å². The molecule has 0 spiro atoms. The highest BCUT2D eigenvalue weighted by Gasteiger charge is 2.30. The highest BCUT2D eigenvalue weighted by molar-refractivity contribution is 7.92. The van der Waals surface area contributed by atoms with E-state index in [0.29, 0.717) is 5.56 Å². The van der Waals surface area contributed by atoms with Gasteiger partial charge in [0.15, 0.2) is 0 Å². The second-order valence-corrected chi connectivity index (χ2v) is 8.01. The summed E-state index contributed by atoms with van der Waals surface area (Å²) in [7, 11) is -4.13. The lowest BCUT2D eigenvalue weighted by Crippen LogP contribution is -2.32. The summed E-state index contributed by atoms with van der Waals surface area (Å²) in [6, 6.07) is 12.8. The van der Waals surface area contributed by atoms with Crippen molar-refractivity contribution in [2.75, 3.05) is 4.31 Å². The van der Waals surface area contributed by atoms with Crippen LogP contribution in [0.15, 0.2) is 59.8 Å². The highest BCUT2D eigenvalue weighted by atomic mass is 35.5. The van der Waals surface area contributed by atoms with Gasteiger partial charge in [0.05, 0.1) is 35.7 Å². The number of nitrogens with zero attached hydrogens (tertiary/aromatic N) is 3. The van der Waals surface area contributed by atoms with Gasteiger partial charge in [-0.2, -0.15) is 17.2 Å². The Morgan fingerprint density at radius 1 is 1.19 bits per heavy atom. The molecule has 0 aliphatic rings. The Bertz CT molecular complexity index is 1020. The first-order valence-electron chi connectivity index (χ1n) is 7.26. The van der Waals surface area contributed by atoms with E-state index >= 15 is 0 Å². The predicted molar refractivity (Wildman–Crippen MR) is 98.1 cm³/mol. The van der Waals surface area contributed by atoms with Gasteiger partial charge in [-0.1, -0.05) is 41.9 Å². The van der Waals surface area contributed by atoms with Crippen molar-refractivity contribution < 1.29 is 18.3 Å². The molecule has 0 radical (unpaired) electrons. The van der Waals surface area contributed by atoms with Crippen LogP contribution in [0.5, 0.6) is 0 Å². The van der Waals surface area contributed by atoms with E-state index in [9.17, 15) is 18.3 Å². The fraction of sp³-hybridized carbons (Fsp3) is 0.0625. The van der Waals surface area contributed by atoms with Gasteiger partial charge in [-0.05, 0) is 23.8 Å². The van der Waals surface area contributed by atoms with Gasteiger partial charge in [-0.15, -0.1) is 0 Å². The van der Waals surface area contributed by atoms with Gasteiger partial charge < -0.3 is 5.11 Å². The molecule has 134 valence electrons. The molecule has 0 bridgehead atoms. The average molecular weight is 410 g/mol. The molecule has 0 aliphatic heterocycles. The normalized spacial score (nSPS) is 11.3. The van der Waals surface area contributed by atoms with Crippen molar-refractivity contribution in [2.24, 2.45) is 0 Å². The molecule has 0 saturated heterocycles. The number of anilines is 1. The van der Waals surface area contributed by atoms with Crippen molar-refractivity contribution in [1.29, 1.82) is 0 Å². The van der Waals surface area contributed by atoms with E-state index in [1.807, 2.05) is 0 Å². The maximum Gasteiger partial charge on any atom is 0.337 e. The fourth-order valence-corrected chi connectivity index (χ4v) is 4.50. The van der Waals surface area contributed by atoms with Crippen molar-refractivity contribution in [3.8, 4) is 0 Å². The lowest BCUT2D eigenvalue weighted by Gasteiger charge is -2.25. The summed E-state index contributed by atoms with van der Waals surface area (Å²) in [4.78, 5) is 11.6. The molecule has 0 fully saturated rings. The Morgan fingerprint density at radius 2 is 1.92 bits per heavy atom. The van der Waals surface area contributed by atoms with E-state index in [0.717, 1.165) is 22.2 Å². The third-order valence-electron chi connectivity index (χ3n) is 3.52. The van der Waals surface area contributed by atoms with Gasteiger partial charge >= 0.3 is 5.97 Å². The Labute approximate surface area is 158 Å². The molecule has 26 heavy (non-hydrogen) atoms. The summed E-state index contributed by atoms with van der Waals surface area (Å²) in [5.74, 6) is -1.26. The van der Waals surface area contributed by atoms with Gasteiger partial charge in [0.1, 0.15) is 0 Å². The van der Waals surface area contributed by atoms with Crippen LogP contribution in [0.1, 0.15) is 15.9 Å². The number of halogens is 1. The minimum Gasteiger partial charge on any atom is -0.478 e. The lowest BCUT2D eigenvalue weighted by atomic mass is 10.1. The van der Waals surface area contributed by atoms with Gasteiger partial charge in [-0.3, -0.25) is 4.31 Å². The zero-order valence-electron chi connectivity index (χ0n) is 13.1. The standard InChI is InChI=1S/C16H12ClN3O4S2/c17-12-6-7-13(16(21)22)14(8-12)20(10-11-4-2-1-3-5-11)26(23,24)15-9-18-25-19-15/h1-9H,10H2,(H,21,22). The summed E-state index contributed by atoms with van der Waals surface area (Å²) in [6.45, 7) is -0.0820. The van der Waals surface area contributed by atoms with Crippen molar-refractivity contribution in [3.05, 3.63) is 70.9 Å². The Hall–Kier alpha value is -2.49. The molecule has 2 aromatic carbocycles. The summed E-state index contributed by atoms with van der Waals surface area (Å²) in [5.41, 5.74) is 0.453. The van der Waals surface area contributed by atoms with E-state index in [-0.39, 0.29) is 27.8 Å². The molecule has 0 aliphatic carbocycles. The number of benzene rings is 2. The minimum atomic E-state index is -4.13. The second-order valence-electron chi connectivity index (χ2n) is 5.21. The number of carbonyl (C=O) groups is 1. The number of aromatic nitrogens is 2. The number of sulfonamides is 1. The van der Waals surface area contributed by atoms with E-state index < -0.39 is 16.0 Å². The second kappa shape index (κ2) is 7.40. The zero-order valence-corrected chi connectivity index (χ0v) is 15.5. The summed E-state index contributed by atoms with van der Waals surface area (Å²) in [5, 5.41) is 9.44. The smallest absolute Gasteiger partial charge is 0.337 e. The first-order valence-corrected chi connectivity index (χ1v) is 9.81. The molecule has 1 aromatic heterocycles. The van der Waals surface area contributed by atoms with Crippen LogP contribution in [-0.4, -0.2) is 28.2 Å². The number of hydrogen-bond acceptors (Lipinski definition) is 6. The number of carboxylic acid groups (broad SMARTS) is 1. The van der Waals surface area contributed by atoms with E-state index in [1.54, 1.807) is 30.3 Å². The van der Waals surface area contributed by atoms with E-state index in [2.05, 4.69) is 8.75 Å². The van der Waals surface area contributed by atoms with Crippen molar-refractivity contribution in [1.82, 2.24) is 8.75 Å². The minimum absolute atomic E-state index is 0.0400. The first-order chi connectivity index (χ1) is 12.4. The number of rotatable bonds is 6. The molecular weight excluding hydrogens is 398 g/mol. The Morgan fingerprint density at radius 3 is 2.54 bits per heavy atom. The van der Waals surface area contributed by atoms with Gasteiger partial charge in [0.25, 0.3) is 10.0 Å². The van der Waals surface area contributed by atoms with Crippen LogP contribution < -0.4 is 4.31 Å². The molecule has 10 heteroatoms. The van der Waals surface area contributed by atoms with Gasteiger partial charge in [0, 0.05) is 5.02 Å². The molecular formula is C16H12ClN3O4S2. The van der Waals surface area contributed by atoms with Crippen LogP contribution in [0.25, 0.3) is 0 Å². The topological polar surface area (TPSA) is 100 Å². The number of hydrogen-bond donors (Lipinski definition) is 1. The molecule has 0 saturated carbocycles. The Kier molecular flexibility index (Phi) is 5.21. The number of aromatic carboxylic acids is 1. The quantitative estimate of drug-likeness (QED) is 0.670. The zero-order chi connectivity index (χ0) is 18.7.